The Hall–Kier alpha value is -1.62. The van der Waals surface area contributed by atoms with Crippen LogP contribution in [0.1, 0.15) is 13.3 Å². The maximum atomic E-state index is 6.19. The minimum absolute atomic E-state index is 0.588. The zero-order valence-corrected chi connectivity index (χ0v) is 12.7. The number of nitrogens with zero attached hydrogens (tertiary/aromatic N) is 2. The number of fused-ring (bicyclic) bond motifs is 1. The molecule has 0 unspecified atom stereocenters. The van der Waals surface area contributed by atoms with E-state index in [-0.39, 0.29) is 0 Å². The monoisotopic (exact) mass is 279 g/mol. The van der Waals surface area contributed by atoms with Gasteiger partial charge in [0, 0.05) is 31.8 Å². The van der Waals surface area contributed by atoms with E-state index in [0.29, 0.717) is 13.2 Å². The molecule has 112 valence electrons. The molecule has 0 aliphatic carbocycles. The third kappa shape index (κ3) is 3.48. The standard InChI is InChI=1S/C15H25N3O2/c1-4-5-18(7-6-17(2)3)13-11-15-14(10-12(13)16)19-8-9-20-15/h10-11H,4-9,16H2,1-3H3. The van der Waals surface area contributed by atoms with Gasteiger partial charge in [-0.1, -0.05) is 6.92 Å². The molecule has 1 aliphatic heterocycles. The van der Waals surface area contributed by atoms with E-state index in [4.69, 9.17) is 15.2 Å². The van der Waals surface area contributed by atoms with Crippen LogP contribution in [0.5, 0.6) is 11.5 Å². The molecule has 2 N–H and O–H groups in total. The van der Waals surface area contributed by atoms with Crippen molar-refractivity contribution in [3.8, 4) is 11.5 Å². The van der Waals surface area contributed by atoms with E-state index in [1.165, 1.54) is 0 Å². The first-order chi connectivity index (χ1) is 9.61. The van der Waals surface area contributed by atoms with Crippen LogP contribution in [0.4, 0.5) is 11.4 Å². The molecule has 0 saturated heterocycles. The van der Waals surface area contributed by atoms with Crippen LogP contribution in [-0.4, -0.2) is 51.8 Å². The van der Waals surface area contributed by atoms with Crippen LogP contribution in [-0.2, 0) is 0 Å². The SMILES string of the molecule is CCCN(CCN(C)C)c1cc2c(cc1N)OCCO2. The molecule has 0 bridgehead atoms. The summed E-state index contributed by atoms with van der Waals surface area (Å²) in [5, 5.41) is 0. The predicted octanol–water partition coefficient (Wildman–Crippen LogP) is 1.82. The largest absolute Gasteiger partial charge is 0.486 e. The molecule has 0 spiro atoms. The van der Waals surface area contributed by atoms with E-state index in [0.717, 1.165) is 48.9 Å². The lowest BCUT2D eigenvalue weighted by Gasteiger charge is -2.29. The Balaban J connectivity index is 2.22. The van der Waals surface area contributed by atoms with Crippen LogP contribution in [0.25, 0.3) is 0 Å². The average Bonchev–Trinajstić information content (AvgIpc) is 2.42. The molecular weight excluding hydrogens is 254 g/mol. The fourth-order valence-electron chi connectivity index (χ4n) is 2.31. The molecular formula is C15H25N3O2. The van der Waals surface area contributed by atoms with Crippen molar-refractivity contribution >= 4 is 11.4 Å². The number of ether oxygens (including phenoxy) is 2. The Kier molecular flexibility index (Phi) is 4.95. The molecule has 5 heteroatoms. The van der Waals surface area contributed by atoms with Gasteiger partial charge in [0.2, 0.25) is 0 Å². The second-order valence-electron chi connectivity index (χ2n) is 5.35. The van der Waals surface area contributed by atoms with Crippen molar-refractivity contribution < 1.29 is 9.47 Å². The molecule has 0 atom stereocenters. The summed E-state index contributed by atoms with van der Waals surface area (Å²) in [6.07, 6.45) is 1.08. The van der Waals surface area contributed by atoms with Gasteiger partial charge in [0.25, 0.3) is 0 Å². The molecule has 0 amide bonds. The van der Waals surface area contributed by atoms with Gasteiger partial charge in [0.1, 0.15) is 13.2 Å². The van der Waals surface area contributed by atoms with Gasteiger partial charge in [0.15, 0.2) is 11.5 Å². The lowest BCUT2D eigenvalue weighted by atomic mass is 10.2. The fourth-order valence-corrected chi connectivity index (χ4v) is 2.31. The van der Waals surface area contributed by atoms with Gasteiger partial charge in [0.05, 0.1) is 11.4 Å². The van der Waals surface area contributed by atoms with E-state index in [1.807, 2.05) is 12.1 Å². The topological polar surface area (TPSA) is 51.0 Å². The van der Waals surface area contributed by atoms with E-state index in [2.05, 4.69) is 30.8 Å². The number of anilines is 2. The summed E-state index contributed by atoms with van der Waals surface area (Å²) < 4.78 is 11.2. The maximum absolute atomic E-state index is 6.19. The summed E-state index contributed by atoms with van der Waals surface area (Å²) in [5.41, 5.74) is 7.98. The summed E-state index contributed by atoms with van der Waals surface area (Å²) in [6, 6.07) is 3.89. The van der Waals surface area contributed by atoms with E-state index in [9.17, 15) is 0 Å². The van der Waals surface area contributed by atoms with Crippen LogP contribution in [0.2, 0.25) is 0 Å². The maximum Gasteiger partial charge on any atom is 0.163 e. The normalized spacial score (nSPS) is 13.6. The first-order valence-corrected chi connectivity index (χ1v) is 7.20. The molecule has 1 aromatic rings. The second kappa shape index (κ2) is 6.70. The van der Waals surface area contributed by atoms with Crippen molar-refractivity contribution in [3.63, 3.8) is 0 Å². The highest BCUT2D eigenvalue weighted by Crippen LogP contribution is 2.38. The molecule has 2 rings (SSSR count). The number of rotatable bonds is 6. The van der Waals surface area contributed by atoms with Crippen LogP contribution in [0.15, 0.2) is 12.1 Å². The van der Waals surface area contributed by atoms with E-state index in [1.54, 1.807) is 0 Å². The zero-order chi connectivity index (χ0) is 14.5. The Bertz CT molecular complexity index is 449. The number of nitrogen functional groups attached to an aromatic ring is 1. The number of nitrogens with two attached hydrogens (primary N) is 1. The summed E-state index contributed by atoms with van der Waals surface area (Å²) in [4.78, 5) is 4.49. The van der Waals surface area contributed by atoms with Gasteiger partial charge in [-0.3, -0.25) is 0 Å². The van der Waals surface area contributed by atoms with Crippen LogP contribution >= 0.6 is 0 Å². The second-order valence-corrected chi connectivity index (χ2v) is 5.35. The van der Waals surface area contributed by atoms with Crippen molar-refractivity contribution in [2.24, 2.45) is 0 Å². The van der Waals surface area contributed by atoms with Gasteiger partial charge in [-0.05, 0) is 20.5 Å². The van der Waals surface area contributed by atoms with Gasteiger partial charge in [-0.15, -0.1) is 0 Å². The summed E-state index contributed by atoms with van der Waals surface area (Å²) in [7, 11) is 4.16. The molecule has 1 aromatic carbocycles. The Morgan fingerprint density at radius 3 is 2.30 bits per heavy atom. The third-order valence-corrected chi connectivity index (χ3v) is 3.34. The number of hydrogen-bond donors (Lipinski definition) is 1. The summed E-state index contributed by atoms with van der Waals surface area (Å²) >= 11 is 0. The highest BCUT2D eigenvalue weighted by molar-refractivity contribution is 5.73. The minimum Gasteiger partial charge on any atom is -0.486 e. The summed E-state index contributed by atoms with van der Waals surface area (Å²) in [5.74, 6) is 1.55. The quantitative estimate of drug-likeness (QED) is 0.805. The Labute approximate surface area is 121 Å². The van der Waals surface area contributed by atoms with Crippen molar-refractivity contribution in [2.45, 2.75) is 13.3 Å². The molecule has 0 aromatic heterocycles. The van der Waals surface area contributed by atoms with Crippen molar-refractivity contribution in [2.75, 3.05) is 57.6 Å². The molecule has 0 radical (unpaired) electrons. The summed E-state index contributed by atoms with van der Waals surface area (Å²) in [6.45, 7) is 6.29. The highest BCUT2D eigenvalue weighted by Gasteiger charge is 2.17. The number of hydrogen-bond acceptors (Lipinski definition) is 5. The lowest BCUT2D eigenvalue weighted by molar-refractivity contribution is 0.172. The van der Waals surface area contributed by atoms with Gasteiger partial charge >= 0.3 is 0 Å². The van der Waals surface area contributed by atoms with Gasteiger partial charge in [-0.2, -0.15) is 0 Å². The zero-order valence-electron chi connectivity index (χ0n) is 12.7. The first kappa shape index (κ1) is 14.8. The van der Waals surface area contributed by atoms with Crippen molar-refractivity contribution in [1.82, 2.24) is 4.90 Å². The van der Waals surface area contributed by atoms with Crippen molar-refractivity contribution in [1.29, 1.82) is 0 Å². The van der Waals surface area contributed by atoms with Crippen LogP contribution in [0.3, 0.4) is 0 Å². The molecule has 1 heterocycles. The molecule has 0 fully saturated rings. The predicted molar refractivity (Wildman–Crippen MR) is 82.9 cm³/mol. The lowest BCUT2D eigenvalue weighted by Crippen LogP contribution is -2.33. The van der Waals surface area contributed by atoms with Crippen LogP contribution < -0.4 is 20.1 Å². The third-order valence-electron chi connectivity index (χ3n) is 3.34. The Morgan fingerprint density at radius 1 is 1.05 bits per heavy atom. The van der Waals surface area contributed by atoms with Crippen LogP contribution in [0, 0.1) is 0 Å². The molecule has 20 heavy (non-hydrogen) atoms. The van der Waals surface area contributed by atoms with Crippen molar-refractivity contribution in [3.05, 3.63) is 12.1 Å². The Morgan fingerprint density at radius 2 is 1.70 bits per heavy atom. The first-order valence-electron chi connectivity index (χ1n) is 7.20. The molecule has 0 saturated carbocycles. The van der Waals surface area contributed by atoms with Gasteiger partial charge < -0.3 is 25.0 Å². The van der Waals surface area contributed by atoms with Gasteiger partial charge in [-0.25, -0.2) is 0 Å². The number of benzene rings is 1. The van der Waals surface area contributed by atoms with E-state index >= 15 is 0 Å². The highest BCUT2D eigenvalue weighted by atomic mass is 16.6. The number of likely N-dealkylation sites (N-methyl/N-ethyl adjacent to an activating group) is 1. The smallest absolute Gasteiger partial charge is 0.163 e. The van der Waals surface area contributed by atoms with E-state index < -0.39 is 0 Å². The minimum atomic E-state index is 0.588. The molecule has 1 aliphatic rings. The fraction of sp³-hybridized carbons (Fsp3) is 0.600. The average molecular weight is 279 g/mol. The molecule has 5 nitrogen and oxygen atoms in total.